The molecule has 1 atom stereocenters. The lowest BCUT2D eigenvalue weighted by Crippen LogP contribution is -2.52. The number of anilines is 1. The van der Waals surface area contributed by atoms with Gasteiger partial charge in [-0.2, -0.15) is 0 Å². The van der Waals surface area contributed by atoms with E-state index in [0.717, 1.165) is 16.1 Å². The van der Waals surface area contributed by atoms with E-state index in [0.29, 0.717) is 21.3 Å². The van der Waals surface area contributed by atoms with Gasteiger partial charge < -0.3 is 10.2 Å². The van der Waals surface area contributed by atoms with E-state index in [2.05, 4.69) is 5.32 Å². The molecule has 2 amide bonds. The quantitative estimate of drug-likeness (QED) is 0.466. The molecular formula is C25H33Cl2N3O4S. The zero-order valence-electron chi connectivity index (χ0n) is 20.9. The highest BCUT2D eigenvalue weighted by molar-refractivity contribution is 7.92. The van der Waals surface area contributed by atoms with E-state index in [9.17, 15) is 18.0 Å². The second kappa shape index (κ2) is 12.1. The highest BCUT2D eigenvalue weighted by Gasteiger charge is 2.32. The van der Waals surface area contributed by atoms with Crippen LogP contribution in [0.4, 0.5) is 5.69 Å². The Morgan fingerprint density at radius 3 is 2.03 bits per heavy atom. The first-order chi connectivity index (χ1) is 16.2. The second-order valence-electron chi connectivity index (χ2n) is 9.04. The smallest absolute Gasteiger partial charge is 0.244 e. The minimum Gasteiger partial charge on any atom is -0.352 e. The predicted molar refractivity (Wildman–Crippen MR) is 142 cm³/mol. The van der Waals surface area contributed by atoms with E-state index < -0.39 is 28.5 Å². The highest BCUT2D eigenvalue weighted by atomic mass is 35.5. The number of amides is 2. The molecule has 0 aliphatic rings. The monoisotopic (exact) mass is 541 g/mol. The normalized spacial score (nSPS) is 12.5. The largest absolute Gasteiger partial charge is 0.352 e. The summed E-state index contributed by atoms with van der Waals surface area (Å²) in [5.74, 6) is -0.902. The number of carbonyl (C=O) groups excluding carboxylic acids is 2. The predicted octanol–water partition coefficient (Wildman–Crippen LogP) is 4.82. The molecule has 7 nitrogen and oxygen atoms in total. The average Bonchev–Trinajstić information content (AvgIpc) is 2.75. The molecule has 192 valence electrons. The number of sulfonamides is 1. The van der Waals surface area contributed by atoms with Gasteiger partial charge in [-0.3, -0.25) is 13.9 Å². The number of halogens is 2. The molecule has 2 aromatic rings. The fourth-order valence-corrected chi connectivity index (χ4v) is 5.02. The SMILES string of the molecule is CC(C)NC(=O)C(C)N(Cc1c(Cl)cccc1Cl)C(=O)CN(c1ccccc1C(C)C)S(C)(=O)=O. The van der Waals surface area contributed by atoms with Crippen LogP contribution in [0.3, 0.4) is 0 Å². The Kier molecular flexibility index (Phi) is 10.0. The van der Waals surface area contributed by atoms with Gasteiger partial charge in [0, 0.05) is 28.2 Å². The van der Waals surface area contributed by atoms with Crippen molar-refractivity contribution in [3.8, 4) is 0 Å². The number of rotatable bonds is 10. The van der Waals surface area contributed by atoms with Gasteiger partial charge in [0.05, 0.1) is 11.9 Å². The van der Waals surface area contributed by atoms with Gasteiger partial charge in [0.2, 0.25) is 21.8 Å². The summed E-state index contributed by atoms with van der Waals surface area (Å²) in [6.07, 6.45) is 1.06. The van der Waals surface area contributed by atoms with E-state index in [1.54, 1.807) is 37.3 Å². The molecule has 2 rings (SSSR count). The van der Waals surface area contributed by atoms with Crippen LogP contribution in [0.25, 0.3) is 0 Å². The second-order valence-corrected chi connectivity index (χ2v) is 11.8. The third-order valence-corrected chi connectivity index (χ3v) is 7.33. The number of hydrogen-bond acceptors (Lipinski definition) is 4. The summed E-state index contributed by atoms with van der Waals surface area (Å²) < 4.78 is 26.7. The lowest BCUT2D eigenvalue weighted by atomic mass is 10.0. The molecule has 2 aromatic carbocycles. The molecule has 1 unspecified atom stereocenters. The topological polar surface area (TPSA) is 86.8 Å². The van der Waals surface area contributed by atoms with E-state index in [1.807, 2.05) is 39.8 Å². The van der Waals surface area contributed by atoms with Crippen LogP contribution in [-0.2, 0) is 26.2 Å². The van der Waals surface area contributed by atoms with Crippen LogP contribution in [0.2, 0.25) is 10.0 Å². The summed E-state index contributed by atoms with van der Waals surface area (Å²) in [6, 6.07) is 11.0. The molecule has 0 saturated carbocycles. The van der Waals surface area contributed by atoms with Gasteiger partial charge in [-0.1, -0.05) is 61.3 Å². The van der Waals surface area contributed by atoms with Crippen LogP contribution in [0.15, 0.2) is 42.5 Å². The van der Waals surface area contributed by atoms with Crippen molar-refractivity contribution < 1.29 is 18.0 Å². The lowest BCUT2D eigenvalue weighted by molar-refractivity contribution is -0.139. The summed E-state index contributed by atoms with van der Waals surface area (Å²) >= 11 is 12.7. The first-order valence-electron chi connectivity index (χ1n) is 11.3. The number of carbonyl (C=O) groups is 2. The number of benzene rings is 2. The molecule has 10 heteroatoms. The molecule has 0 spiro atoms. The highest BCUT2D eigenvalue weighted by Crippen LogP contribution is 2.30. The van der Waals surface area contributed by atoms with Crippen molar-refractivity contribution in [1.29, 1.82) is 0 Å². The summed E-state index contributed by atoms with van der Waals surface area (Å²) in [4.78, 5) is 27.8. The Labute approximate surface area is 218 Å². The van der Waals surface area contributed by atoms with Crippen LogP contribution in [-0.4, -0.2) is 50.0 Å². The van der Waals surface area contributed by atoms with E-state index in [-0.39, 0.29) is 24.4 Å². The molecule has 0 aliphatic heterocycles. The summed E-state index contributed by atoms with van der Waals surface area (Å²) in [7, 11) is -3.82. The Morgan fingerprint density at radius 2 is 1.51 bits per heavy atom. The van der Waals surface area contributed by atoms with Gasteiger partial charge in [-0.05, 0) is 50.5 Å². The van der Waals surface area contributed by atoms with Crippen molar-refractivity contribution in [3.05, 3.63) is 63.6 Å². The van der Waals surface area contributed by atoms with Gasteiger partial charge in [-0.25, -0.2) is 8.42 Å². The number of nitrogens with zero attached hydrogens (tertiary/aromatic N) is 2. The minimum absolute atomic E-state index is 0.0272. The first-order valence-corrected chi connectivity index (χ1v) is 13.9. The average molecular weight is 543 g/mol. The molecule has 35 heavy (non-hydrogen) atoms. The van der Waals surface area contributed by atoms with Gasteiger partial charge in [0.1, 0.15) is 12.6 Å². The molecule has 0 aliphatic carbocycles. The van der Waals surface area contributed by atoms with Crippen LogP contribution in [0.1, 0.15) is 51.7 Å². The Balaban J connectivity index is 2.52. The van der Waals surface area contributed by atoms with E-state index in [4.69, 9.17) is 23.2 Å². The maximum Gasteiger partial charge on any atom is 0.244 e. The van der Waals surface area contributed by atoms with Crippen molar-refractivity contribution in [3.63, 3.8) is 0 Å². The van der Waals surface area contributed by atoms with Gasteiger partial charge >= 0.3 is 0 Å². The molecule has 0 saturated heterocycles. The number of para-hydroxylation sites is 1. The van der Waals surface area contributed by atoms with Crippen LogP contribution in [0, 0.1) is 0 Å². The molecule has 0 radical (unpaired) electrons. The zero-order chi connectivity index (χ0) is 26.5. The maximum absolute atomic E-state index is 13.7. The molecule has 0 fully saturated rings. The van der Waals surface area contributed by atoms with Crippen LogP contribution < -0.4 is 9.62 Å². The standard InChI is InChI=1S/C25H33Cl2N3O4S/c1-16(2)19-10-7-8-13-23(19)30(35(6,33)34)15-24(31)29(18(5)25(32)28-17(3)4)14-20-21(26)11-9-12-22(20)27/h7-13,16-18H,14-15H2,1-6H3,(H,28,32). The lowest BCUT2D eigenvalue weighted by Gasteiger charge is -2.33. The van der Waals surface area contributed by atoms with Crippen molar-refractivity contribution in [2.75, 3.05) is 17.1 Å². The van der Waals surface area contributed by atoms with Gasteiger partial charge in [-0.15, -0.1) is 0 Å². The fraction of sp³-hybridized carbons (Fsp3) is 0.440. The Hall–Kier alpha value is -2.29. The summed E-state index contributed by atoms with van der Waals surface area (Å²) in [5.41, 5.74) is 1.69. The zero-order valence-corrected chi connectivity index (χ0v) is 23.2. The summed E-state index contributed by atoms with van der Waals surface area (Å²) in [5, 5.41) is 3.49. The van der Waals surface area contributed by atoms with Crippen LogP contribution in [0.5, 0.6) is 0 Å². The van der Waals surface area contributed by atoms with Gasteiger partial charge in [0.25, 0.3) is 0 Å². The molecule has 0 heterocycles. The molecule has 0 aromatic heterocycles. The van der Waals surface area contributed by atoms with Crippen molar-refractivity contribution in [1.82, 2.24) is 10.2 Å². The van der Waals surface area contributed by atoms with Crippen molar-refractivity contribution in [2.45, 2.75) is 59.2 Å². The summed E-state index contributed by atoms with van der Waals surface area (Å²) in [6.45, 7) is 8.58. The minimum atomic E-state index is -3.82. The third-order valence-electron chi connectivity index (χ3n) is 5.50. The fourth-order valence-electron chi connectivity index (χ4n) is 3.64. The third kappa shape index (κ3) is 7.59. The molecule has 0 bridgehead atoms. The van der Waals surface area contributed by atoms with Crippen molar-refractivity contribution in [2.24, 2.45) is 0 Å². The maximum atomic E-state index is 13.7. The molecule has 1 N–H and O–H groups in total. The van der Waals surface area contributed by atoms with Crippen molar-refractivity contribution >= 4 is 50.7 Å². The van der Waals surface area contributed by atoms with Crippen LogP contribution >= 0.6 is 23.2 Å². The van der Waals surface area contributed by atoms with E-state index >= 15 is 0 Å². The number of hydrogen-bond donors (Lipinski definition) is 1. The van der Waals surface area contributed by atoms with Gasteiger partial charge in [0.15, 0.2) is 0 Å². The molecular weight excluding hydrogens is 509 g/mol. The van der Waals surface area contributed by atoms with E-state index in [1.165, 1.54) is 4.90 Å². The Morgan fingerprint density at radius 1 is 0.943 bits per heavy atom. The Bertz CT molecular complexity index is 1150. The first kappa shape index (κ1) is 28.9. The number of nitrogens with one attached hydrogen (secondary N) is 1.